The highest BCUT2D eigenvalue weighted by atomic mass is 16.4. The van der Waals surface area contributed by atoms with E-state index in [0.717, 1.165) is 12.8 Å². The van der Waals surface area contributed by atoms with Crippen LogP contribution in [0.3, 0.4) is 0 Å². The van der Waals surface area contributed by atoms with Gasteiger partial charge in [0.25, 0.3) is 0 Å². The third-order valence-corrected chi connectivity index (χ3v) is 3.39. The third-order valence-electron chi connectivity index (χ3n) is 3.39. The summed E-state index contributed by atoms with van der Waals surface area (Å²) in [5, 5.41) is 19.8. The second kappa shape index (κ2) is 4.59. The van der Waals surface area contributed by atoms with Crippen LogP contribution in [0.4, 0.5) is 0 Å². The molecule has 0 radical (unpaired) electrons. The summed E-state index contributed by atoms with van der Waals surface area (Å²) >= 11 is 0. The maximum Gasteiger partial charge on any atom is 0.335 e. The topological polar surface area (TPSA) is 97.1 Å². The van der Waals surface area contributed by atoms with E-state index in [0.29, 0.717) is 11.0 Å². The summed E-state index contributed by atoms with van der Waals surface area (Å²) in [6.45, 7) is 1.72. The van der Waals surface area contributed by atoms with Gasteiger partial charge in [-0.2, -0.15) is 0 Å². The fraction of sp³-hybridized carbons (Fsp3) is 0.385. The van der Waals surface area contributed by atoms with Gasteiger partial charge in [0.05, 0.1) is 11.1 Å². The molecule has 1 heterocycles. The zero-order valence-electron chi connectivity index (χ0n) is 10.9. The van der Waals surface area contributed by atoms with Gasteiger partial charge in [-0.3, -0.25) is 4.79 Å². The van der Waals surface area contributed by atoms with Crippen molar-refractivity contribution in [1.82, 2.24) is 20.3 Å². The first-order chi connectivity index (χ1) is 9.56. The van der Waals surface area contributed by atoms with Crippen LogP contribution >= 0.6 is 0 Å². The molecule has 2 N–H and O–H groups in total. The molecular formula is C13H14N4O3. The van der Waals surface area contributed by atoms with Gasteiger partial charge in [-0.15, -0.1) is 5.10 Å². The third kappa shape index (κ3) is 2.22. The molecule has 1 aliphatic carbocycles. The summed E-state index contributed by atoms with van der Waals surface area (Å²) in [4.78, 5) is 23.0. The van der Waals surface area contributed by atoms with Gasteiger partial charge in [-0.05, 0) is 38.0 Å². The summed E-state index contributed by atoms with van der Waals surface area (Å²) in [6, 6.07) is 4.30. The molecule has 1 atom stereocenters. The lowest BCUT2D eigenvalue weighted by Gasteiger charge is -2.12. The maximum absolute atomic E-state index is 12.0. The van der Waals surface area contributed by atoms with E-state index in [1.54, 1.807) is 13.0 Å². The number of amides is 1. The van der Waals surface area contributed by atoms with Gasteiger partial charge < -0.3 is 10.4 Å². The van der Waals surface area contributed by atoms with Gasteiger partial charge >= 0.3 is 5.97 Å². The first kappa shape index (κ1) is 12.6. The predicted molar refractivity (Wildman–Crippen MR) is 70.4 cm³/mol. The number of hydrogen-bond donors (Lipinski definition) is 2. The average molecular weight is 274 g/mol. The Kier molecular flexibility index (Phi) is 2.89. The molecule has 20 heavy (non-hydrogen) atoms. The van der Waals surface area contributed by atoms with Crippen LogP contribution < -0.4 is 5.32 Å². The highest BCUT2D eigenvalue weighted by Crippen LogP contribution is 2.21. The molecule has 7 heteroatoms. The van der Waals surface area contributed by atoms with Gasteiger partial charge in [-0.1, -0.05) is 5.21 Å². The van der Waals surface area contributed by atoms with E-state index in [4.69, 9.17) is 5.11 Å². The van der Waals surface area contributed by atoms with Crippen LogP contribution in [0.2, 0.25) is 0 Å². The zero-order chi connectivity index (χ0) is 14.3. The summed E-state index contributed by atoms with van der Waals surface area (Å²) in [5.74, 6) is -1.14. The SMILES string of the molecule is CC(C(=O)NC1CC1)n1nnc2ccc(C(=O)O)cc21. The molecule has 0 spiro atoms. The minimum absolute atomic E-state index is 0.125. The Balaban J connectivity index is 1.95. The normalized spacial score (nSPS) is 16.1. The number of aromatic nitrogens is 3. The Morgan fingerprint density at radius 3 is 2.85 bits per heavy atom. The Hall–Kier alpha value is -2.44. The molecule has 1 fully saturated rings. The lowest BCUT2D eigenvalue weighted by molar-refractivity contribution is -0.124. The lowest BCUT2D eigenvalue weighted by atomic mass is 10.2. The summed E-state index contributed by atoms with van der Waals surface area (Å²) in [6.07, 6.45) is 2.03. The van der Waals surface area contributed by atoms with Crippen molar-refractivity contribution in [2.45, 2.75) is 31.8 Å². The van der Waals surface area contributed by atoms with Crippen LogP contribution in [-0.4, -0.2) is 38.0 Å². The molecule has 2 aromatic rings. The van der Waals surface area contributed by atoms with Crippen molar-refractivity contribution in [1.29, 1.82) is 0 Å². The summed E-state index contributed by atoms with van der Waals surface area (Å²) in [5.41, 5.74) is 1.26. The number of aromatic carboxylic acids is 1. The minimum atomic E-state index is -1.02. The Bertz CT molecular complexity index is 690. The molecule has 3 rings (SSSR count). The van der Waals surface area contributed by atoms with Crippen LogP contribution in [0.5, 0.6) is 0 Å². The number of hydrogen-bond acceptors (Lipinski definition) is 4. The van der Waals surface area contributed by atoms with Gasteiger partial charge in [0.15, 0.2) is 0 Å². The summed E-state index contributed by atoms with van der Waals surface area (Å²) in [7, 11) is 0. The number of carbonyl (C=O) groups excluding carboxylic acids is 1. The Morgan fingerprint density at radius 2 is 2.20 bits per heavy atom. The van der Waals surface area contributed by atoms with Crippen molar-refractivity contribution in [2.75, 3.05) is 0 Å². The number of nitrogens with zero attached hydrogens (tertiary/aromatic N) is 3. The van der Waals surface area contributed by atoms with E-state index in [-0.39, 0.29) is 17.5 Å². The lowest BCUT2D eigenvalue weighted by Crippen LogP contribution is -2.33. The van der Waals surface area contributed by atoms with E-state index >= 15 is 0 Å². The molecule has 0 bridgehead atoms. The van der Waals surface area contributed by atoms with Crippen molar-refractivity contribution in [3.05, 3.63) is 23.8 Å². The minimum Gasteiger partial charge on any atom is -0.478 e. The van der Waals surface area contributed by atoms with Crippen LogP contribution in [0.15, 0.2) is 18.2 Å². The van der Waals surface area contributed by atoms with Crippen molar-refractivity contribution < 1.29 is 14.7 Å². The molecule has 1 saturated carbocycles. The van der Waals surface area contributed by atoms with Gasteiger partial charge in [0.2, 0.25) is 5.91 Å². The first-order valence-electron chi connectivity index (χ1n) is 6.45. The van der Waals surface area contributed by atoms with E-state index in [1.165, 1.54) is 16.8 Å². The second-order valence-corrected chi connectivity index (χ2v) is 5.00. The van der Waals surface area contributed by atoms with Crippen LogP contribution in [0.1, 0.15) is 36.2 Å². The highest BCUT2D eigenvalue weighted by molar-refractivity contribution is 5.92. The Morgan fingerprint density at radius 1 is 1.45 bits per heavy atom. The number of rotatable bonds is 4. The number of nitrogens with one attached hydrogen (secondary N) is 1. The molecule has 0 saturated heterocycles. The fourth-order valence-electron chi connectivity index (χ4n) is 2.02. The van der Waals surface area contributed by atoms with Gasteiger partial charge in [0, 0.05) is 6.04 Å². The molecule has 1 unspecified atom stereocenters. The average Bonchev–Trinajstić information content (AvgIpc) is 3.14. The van der Waals surface area contributed by atoms with E-state index in [2.05, 4.69) is 15.6 Å². The van der Waals surface area contributed by atoms with E-state index in [1.807, 2.05) is 0 Å². The van der Waals surface area contributed by atoms with Crippen molar-refractivity contribution >= 4 is 22.9 Å². The summed E-state index contributed by atoms with van der Waals surface area (Å²) < 4.78 is 1.46. The van der Waals surface area contributed by atoms with Crippen molar-refractivity contribution in [2.24, 2.45) is 0 Å². The predicted octanol–water partition coefficient (Wildman–Crippen LogP) is 0.969. The number of carboxylic acids is 1. The highest BCUT2D eigenvalue weighted by Gasteiger charge is 2.27. The largest absolute Gasteiger partial charge is 0.478 e. The zero-order valence-corrected chi connectivity index (χ0v) is 10.9. The number of carbonyl (C=O) groups is 2. The monoisotopic (exact) mass is 274 g/mol. The first-order valence-corrected chi connectivity index (χ1v) is 6.45. The fourth-order valence-corrected chi connectivity index (χ4v) is 2.02. The molecular weight excluding hydrogens is 260 g/mol. The molecule has 104 valence electrons. The Labute approximate surface area is 114 Å². The number of carboxylic acid groups (broad SMARTS) is 1. The van der Waals surface area contributed by atoms with Gasteiger partial charge in [-0.25, -0.2) is 9.48 Å². The molecule has 7 nitrogen and oxygen atoms in total. The van der Waals surface area contributed by atoms with E-state index < -0.39 is 12.0 Å². The maximum atomic E-state index is 12.0. The molecule has 1 aromatic carbocycles. The van der Waals surface area contributed by atoms with Gasteiger partial charge in [0.1, 0.15) is 11.6 Å². The molecule has 1 aromatic heterocycles. The van der Waals surface area contributed by atoms with Crippen LogP contribution in [0.25, 0.3) is 11.0 Å². The van der Waals surface area contributed by atoms with Crippen LogP contribution in [0, 0.1) is 0 Å². The smallest absolute Gasteiger partial charge is 0.335 e. The molecule has 1 amide bonds. The van der Waals surface area contributed by atoms with Crippen molar-refractivity contribution in [3.63, 3.8) is 0 Å². The van der Waals surface area contributed by atoms with Crippen molar-refractivity contribution in [3.8, 4) is 0 Å². The van der Waals surface area contributed by atoms with E-state index in [9.17, 15) is 9.59 Å². The molecule has 0 aliphatic heterocycles. The second-order valence-electron chi connectivity index (χ2n) is 5.00. The quantitative estimate of drug-likeness (QED) is 0.865. The number of benzene rings is 1. The number of fused-ring (bicyclic) bond motifs is 1. The molecule has 1 aliphatic rings. The standard InChI is InChI=1S/C13H14N4O3/c1-7(12(18)14-9-3-4-9)17-11-6-8(13(19)20)2-5-10(11)15-16-17/h2,5-7,9H,3-4H2,1H3,(H,14,18)(H,19,20). The van der Waals surface area contributed by atoms with Crippen LogP contribution in [-0.2, 0) is 4.79 Å².